The van der Waals surface area contributed by atoms with Crippen molar-refractivity contribution in [2.24, 2.45) is 5.10 Å². The van der Waals surface area contributed by atoms with Crippen LogP contribution in [0.3, 0.4) is 0 Å². The molecule has 0 fully saturated rings. The highest BCUT2D eigenvalue weighted by atomic mass is 35.5. The molecule has 11 heavy (non-hydrogen) atoms. The van der Waals surface area contributed by atoms with Gasteiger partial charge in [0.25, 0.3) is 6.08 Å². The number of nitrogens with one attached hydrogen (secondary N) is 1. The molecular formula is C7H5ClN2O. The van der Waals surface area contributed by atoms with Crippen LogP contribution in [-0.4, -0.2) is 6.08 Å². The summed E-state index contributed by atoms with van der Waals surface area (Å²) in [5.41, 5.74) is 3.17. The number of isocyanates is 1. The van der Waals surface area contributed by atoms with Gasteiger partial charge < -0.3 is 0 Å². The van der Waals surface area contributed by atoms with Crippen LogP contribution in [0.4, 0.5) is 5.69 Å². The Kier molecular flexibility index (Phi) is 2.66. The number of hydrogen-bond acceptors (Lipinski definition) is 3. The fraction of sp³-hybridized carbons (Fsp3) is 0. The standard InChI is InChI=1S/C7H5ClN2O/c8-6-1-3-7(4-2-6)10-9-5-11/h1-4,10H. The molecule has 0 bridgehead atoms. The van der Waals surface area contributed by atoms with Gasteiger partial charge in [-0.2, -0.15) is 0 Å². The van der Waals surface area contributed by atoms with Crippen molar-refractivity contribution in [3.8, 4) is 0 Å². The minimum absolute atomic E-state index is 0.644. The molecule has 0 radical (unpaired) electrons. The Morgan fingerprint density at radius 1 is 1.36 bits per heavy atom. The molecule has 56 valence electrons. The molecule has 0 aromatic heterocycles. The minimum atomic E-state index is 0.644. The third-order valence-corrected chi connectivity index (χ3v) is 1.33. The van der Waals surface area contributed by atoms with Crippen LogP contribution in [0.5, 0.6) is 0 Å². The van der Waals surface area contributed by atoms with Gasteiger partial charge in [-0.25, -0.2) is 4.79 Å². The first kappa shape index (κ1) is 7.79. The van der Waals surface area contributed by atoms with E-state index in [0.717, 1.165) is 0 Å². The van der Waals surface area contributed by atoms with Crippen LogP contribution in [-0.2, 0) is 4.79 Å². The van der Waals surface area contributed by atoms with Gasteiger partial charge in [0.05, 0.1) is 5.69 Å². The van der Waals surface area contributed by atoms with Gasteiger partial charge in [-0.05, 0) is 24.3 Å². The summed E-state index contributed by atoms with van der Waals surface area (Å²) in [6.45, 7) is 0. The largest absolute Gasteiger partial charge is 0.267 e. The molecule has 1 aromatic carbocycles. The molecule has 0 aliphatic heterocycles. The van der Waals surface area contributed by atoms with Crippen molar-refractivity contribution in [1.29, 1.82) is 0 Å². The third-order valence-electron chi connectivity index (χ3n) is 1.07. The van der Waals surface area contributed by atoms with E-state index < -0.39 is 0 Å². The normalized spacial score (nSPS) is 8.45. The van der Waals surface area contributed by atoms with E-state index in [2.05, 4.69) is 10.5 Å². The fourth-order valence-electron chi connectivity index (χ4n) is 0.612. The summed E-state index contributed by atoms with van der Waals surface area (Å²) in [6, 6.07) is 6.82. The van der Waals surface area contributed by atoms with Crippen LogP contribution in [0.2, 0.25) is 5.02 Å². The van der Waals surface area contributed by atoms with Crippen molar-refractivity contribution in [2.75, 3.05) is 5.43 Å². The Morgan fingerprint density at radius 2 is 2.00 bits per heavy atom. The molecule has 0 aliphatic carbocycles. The van der Waals surface area contributed by atoms with Crippen LogP contribution in [0.1, 0.15) is 0 Å². The number of hydrogen-bond donors (Lipinski definition) is 1. The van der Waals surface area contributed by atoms with Crippen molar-refractivity contribution in [2.45, 2.75) is 0 Å². The van der Waals surface area contributed by atoms with Gasteiger partial charge in [0.2, 0.25) is 0 Å². The molecule has 0 atom stereocenters. The van der Waals surface area contributed by atoms with E-state index in [0.29, 0.717) is 10.7 Å². The zero-order valence-electron chi connectivity index (χ0n) is 5.54. The number of anilines is 1. The van der Waals surface area contributed by atoms with Gasteiger partial charge in [0.1, 0.15) is 0 Å². The highest BCUT2D eigenvalue weighted by Gasteiger charge is 1.87. The molecule has 3 nitrogen and oxygen atoms in total. The second-order valence-electron chi connectivity index (χ2n) is 1.82. The second kappa shape index (κ2) is 3.76. The number of benzene rings is 1. The SMILES string of the molecule is O=C=NNc1ccc(Cl)cc1. The van der Waals surface area contributed by atoms with Crippen LogP contribution in [0.25, 0.3) is 0 Å². The van der Waals surface area contributed by atoms with Gasteiger partial charge in [0, 0.05) is 5.02 Å². The quantitative estimate of drug-likeness (QED) is 0.417. The Labute approximate surface area is 68.7 Å². The second-order valence-corrected chi connectivity index (χ2v) is 2.26. The van der Waals surface area contributed by atoms with E-state index >= 15 is 0 Å². The number of hydrazone groups is 1. The molecule has 0 heterocycles. The summed E-state index contributed by atoms with van der Waals surface area (Å²) in [5, 5.41) is 3.82. The van der Waals surface area contributed by atoms with E-state index in [-0.39, 0.29) is 0 Å². The predicted molar refractivity (Wildman–Crippen MR) is 43.2 cm³/mol. The monoisotopic (exact) mass is 168 g/mol. The summed E-state index contributed by atoms with van der Waals surface area (Å²) in [7, 11) is 0. The maximum atomic E-state index is 9.66. The lowest BCUT2D eigenvalue weighted by Gasteiger charge is -1.95. The summed E-state index contributed by atoms with van der Waals surface area (Å²) in [5.74, 6) is 0. The first-order valence-corrected chi connectivity index (χ1v) is 3.29. The molecule has 4 heteroatoms. The zero-order chi connectivity index (χ0) is 8.10. The average molecular weight is 169 g/mol. The van der Waals surface area contributed by atoms with Gasteiger partial charge in [-0.3, -0.25) is 5.43 Å². The van der Waals surface area contributed by atoms with Gasteiger partial charge in [-0.1, -0.05) is 16.7 Å². The molecule has 1 aromatic rings. The molecule has 0 unspecified atom stereocenters. The summed E-state index contributed by atoms with van der Waals surface area (Å²) in [4.78, 5) is 9.66. The van der Waals surface area contributed by atoms with Crippen LogP contribution < -0.4 is 5.43 Å². The van der Waals surface area contributed by atoms with Gasteiger partial charge in [-0.15, -0.1) is 0 Å². The zero-order valence-corrected chi connectivity index (χ0v) is 6.30. The smallest absolute Gasteiger partial charge is 0.258 e. The molecule has 0 spiro atoms. The molecule has 0 amide bonds. The number of nitrogens with zero attached hydrogens (tertiary/aromatic N) is 1. The molecule has 0 saturated heterocycles. The first-order valence-electron chi connectivity index (χ1n) is 2.91. The summed E-state index contributed by atoms with van der Waals surface area (Å²) in [6.07, 6.45) is 1.36. The molecule has 0 saturated carbocycles. The van der Waals surface area contributed by atoms with Crippen molar-refractivity contribution in [3.63, 3.8) is 0 Å². The van der Waals surface area contributed by atoms with Crippen molar-refractivity contribution in [1.82, 2.24) is 0 Å². The molecule has 1 N–H and O–H groups in total. The van der Waals surface area contributed by atoms with Crippen LogP contribution >= 0.6 is 11.6 Å². The minimum Gasteiger partial charge on any atom is -0.267 e. The van der Waals surface area contributed by atoms with Crippen molar-refractivity contribution < 1.29 is 4.79 Å². The molecule has 1 rings (SSSR count). The summed E-state index contributed by atoms with van der Waals surface area (Å²) < 4.78 is 0. The third kappa shape index (κ3) is 2.42. The molecule has 0 aliphatic rings. The van der Waals surface area contributed by atoms with Gasteiger partial charge >= 0.3 is 0 Å². The van der Waals surface area contributed by atoms with Gasteiger partial charge in [0.15, 0.2) is 0 Å². The lowest BCUT2D eigenvalue weighted by atomic mass is 10.3. The van der Waals surface area contributed by atoms with E-state index in [1.807, 2.05) is 0 Å². The Balaban J connectivity index is 2.73. The van der Waals surface area contributed by atoms with E-state index in [4.69, 9.17) is 11.6 Å². The lowest BCUT2D eigenvalue weighted by molar-refractivity contribution is 0.564. The van der Waals surface area contributed by atoms with Crippen LogP contribution in [0.15, 0.2) is 29.4 Å². The Hall–Kier alpha value is -1.31. The summed E-state index contributed by atoms with van der Waals surface area (Å²) >= 11 is 5.61. The average Bonchev–Trinajstić information content (AvgIpc) is 2.04. The van der Waals surface area contributed by atoms with E-state index in [1.54, 1.807) is 24.3 Å². The van der Waals surface area contributed by atoms with Crippen molar-refractivity contribution in [3.05, 3.63) is 29.3 Å². The number of rotatable bonds is 2. The Bertz CT molecular complexity index is 277. The highest BCUT2D eigenvalue weighted by Crippen LogP contribution is 2.12. The topological polar surface area (TPSA) is 41.5 Å². The number of carbonyl (C=O) groups excluding carboxylic acids is 1. The lowest BCUT2D eigenvalue weighted by Crippen LogP contribution is -1.85. The molecular weight excluding hydrogens is 164 g/mol. The highest BCUT2D eigenvalue weighted by molar-refractivity contribution is 6.30. The van der Waals surface area contributed by atoms with E-state index in [1.165, 1.54) is 6.08 Å². The maximum Gasteiger partial charge on any atom is 0.258 e. The van der Waals surface area contributed by atoms with Crippen LogP contribution in [0, 0.1) is 0 Å². The fourth-order valence-corrected chi connectivity index (χ4v) is 0.738. The Morgan fingerprint density at radius 3 is 2.55 bits per heavy atom. The maximum absolute atomic E-state index is 9.66. The number of halogens is 1. The first-order chi connectivity index (χ1) is 5.33. The predicted octanol–water partition coefficient (Wildman–Crippen LogP) is 2.00. The van der Waals surface area contributed by atoms with Crippen molar-refractivity contribution >= 4 is 23.4 Å². The van der Waals surface area contributed by atoms with E-state index in [9.17, 15) is 4.79 Å².